The average Bonchev–Trinajstić information content (AvgIpc) is 2.63. The molecule has 0 bridgehead atoms. The number of hydrogen-bond donors (Lipinski definition) is 1. The van der Waals surface area contributed by atoms with E-state index in [1.165, 1.54) is 17.7 Å². The third-order valence-electron chi connectivity index (χ3n) is 4.96. The van der Waals surface area contributed by atoms with Gasteiger partial charge in [-0.3, -0.25) is 9.78 Å². The molecule has 0 spiro atoms. The fourth-order valence-electron chi connectivity index (χ4n) is 3.69. The summed E-state index contributed by atoms with van der Waals surface area (Å²) in [5, 5.41) is 11.8. The highest BCUT2D eigenvalue weighted by atomic mass is 19.1. The molecule has 1 aromatic carbocycles. The van der Waals surface area contributed by atoms with Crippen molar-refractivity contribution in [1.82, 2.24) is 14.6 Å². The molecule has 29 heavy (non-hydrogen) atoms. The zero-order valence-electron chi connectivity index (χ0n) is 17.1. The van der Waals surface area contributed by atoms with Crippen molar-refractivity contribution in [3.8, 4) is 5.75 Å². The van der Waals surface area contributed by atoms with Crippen LogP contribution in [0.2, 0.25) is 0 Å². The number of nitrogens with zero attached hydrogens (tertiary/aromatic N) is 3. The van der Waals surface area contributed by atoms with Crippen molar-refractivity contribution in [3.63, 3.8) is 0 Å². The number of hydrogen-bond acceptors (Lipinski definition) is 4. The Hall–Kier alpha value is -3.16. The zero-order chi connectivity index (χ0) is 21.5. The largest absolute Gasteiger partial charge is 0.463 e. The number of carbonyl (C=O) groups is 1. The highest BCUT2D eigenvalue weighted by molar-refractivity contribution is 6.06. The van der Waals surface area contributed by atoms with E-state index in [0.717, 1.165) is 5.06 Å². The lowest BCUT2D eigenvalue weighted by molar-refractivity contribution is -0.0705. The quantitative estimate of drug-likeness (QED) is 0.511. The van der Waals surface area contributed by atoms with Gasteiger partial charge in [0.2, 0.25) is 0 Å². The van der Waals surface area contributed by atoms with E-state index in [1.54, 1.807) is 32.2 Å². The summed E-state index contributed by atoms with van der Waals surface area (Å²) in [5.41, 5.74) is 0.232. The minimum atomic E-state index is -1.31. The Morgan fingerprint density at radius 3 is 2.59 bits per heavy atom. The van der Waals surface area contributed by atoms with Gasteiger partial charge in [0.05, 0.1) is 22.6 Å². The van der Waals surface area contributed by atoms with Gasteiger partial charge in [0.25, 0.3) is 5.56 Å². The summed E-state index contributed by atoms with van der Waals surface area (Å²) < 4.78 is 16.6. The maximum absolute atomic E-state index is 15.4. The zero-order valence-corrected chi connectivity index (χ0v) is 17.1. The number of fused-ring (bicyclic) bond motifs is 3. The summed E-state index contributed by atoms with van der Waals surface area (Å²) in [4.78, 5) is 34.0. The average molecular weight is 401 g/mol. The minimum absolute atomic E-state index is 0.0486. The molecule has 0 aliphatic rings. The number of pyridine rings is 2. The number of benzene rings is 1. The number of amides is 1. The molecule has 1 amide bonds. The van der Waals surface area contributed by atoms with Gasteiger partial charge in [0.15, 0.2) is 11.6 Å². The van der Waals surface area contributed by atoms with Crippen LogP contribution >= 0.6 is 0 Å². The van der Waals surface area contributed by atoms with E-state index in [9.17, 15) is 14.7 Å². The van der Waals surface area contributed by atoms with Crippen molar-refractivity contribution in [1.29, 1.82) is 0 Å². The van der Waals surface area contributed by atoms with Crippen molar-refractivity contribution in [2.75, 3.05) is 0 Å². The number of aromatic nitrogens is 2. The monoisotopic (exact) mass is 401 g/mol. The normalized spacial score (nSPS) is 12.5. The van der Waals surface area contributed by atoms with Gasteiger partial charge < -0.3 is 14.5 Å². The Bertz CT molecular complexity index is 1160. The molecule has 8 heteroatoms. The van der Waals surface area contributed by atoms with Crippen molar-refractivity contribution < 1.29 is 19.1 Å². The first-order valence-electron chi connectivity index (χ1n) is 9.40. The standard InChI is InChI=1S/C21H24FN3O4/c1-11(2)10-12(3)25(21(27)28)29-16-7-6-15-14-8-9-23-13(4)17(14)20(26)24(5)19(15)18(16)22/h6-9,11-12H,10H2,1-5H3,(H,27,28). The van der Waals surface area contributed by atoms with Crippen LogP contribution in [0.15, 0.2) is 29.2 Å². The minimum Gasteiger partial charge on any atom is -0.463 e. The molecule has 0 aliphatic carbocycles. The lowest BCUT2D eigenvalue weighted by Gasteiger charge is -2.27. The molecule has 0 radical (unpaired) electrons. The van der Waals surface area contributed by atoms with Crippen LogP contribution in [0.25, 0.3) is 21.7 Å². The van der Waals surface area contributed by atoms with Crippen molar-refractivity contribution in [2.45, 2.75) is 40.2 Å². The molecule has 3 rings (SSSR count). The summed E-state index contributed by atoms with van der Waals surface area (Å²) in [5.74, 6) is -0.807. The fourth-order valence-corrected chi connectivity index (χ4v) is 3.69. The second-order valence-corrected chi connectivity index (χ2v) is 7.64. The first kappa shape index (κ1) is 20.6. The number of hydroxylamine groups is 2. The number of rotatable bonds is 5. The Balaban J connectivity index is 2.18. The van der Waals surface area contributed by atoms with Crippen molar-refractivity contribution >= 4 is 27.8 Å². The molecule has 0 saturated heterocycles. The van der Waals surface area contributed by atoms with Crippen LogP contribution in [0.3, 0.4) is 0 Å². The number of carboxylic acid groups (broad SMARTS) is 1. The van der Waals surface area contributed by atoms with Gasteiger partial charge in [-0.15, -0.1) is 5.06 Å². The first-order chi connectivity index (χ1) is 13.6. The Morgan fingerprint density at radius 2 is 1.97 bits per heavy atom. The molecule has 1 N–H and O–H groups in total. The molecule has 0 fully saturated rings. The molecule has 154 valence electrons. The van der Waals surface area contributed by atoms with Gasteiger partial charge in [0.1, 0.15) is 0 Å². The summed E-state index contributed by atoms with van der Waals surface area (Å²) in [7, 11) is 1.47. The van der Waals surface area contributed by atoms with E-state index in [-0.39, 0.29) is 22.7 Å². The topological polar surface area (TPSA) is 84.7 Å². The van der Waals surface area contributed by atoms with Crippen LogP contribution in [0.4, 0.5) is 9.18 Å². The van der Waals surface area contributed by atoms with Gasteiger partial charge in [-0.05, 0) is 49.8 Å². The maximum Gasteiger partial charge on any atom is 0.441 e. The smallest absolute Gasteiger partial charge is 0.441 e. The van der Waals surface area contributed by atoms with Gasteiger partial charge in [-0.25, -0.2) is 9.18 Å². The number of aryl methyl sites for hydroxylation is 2. The van der Waals surface area contributed by atoms with Crippen LogP contribution in [-0.4, -0.2) is 31.9 Å². The molecule has 2 aromatic heterocycles. The van der Waals surface area contributed by atoms with Gasteiger partial charge in [-0.1, -0.05) is 13.8 Å². The third kappa shape index (κ3) is 3.62. The highest BCUT2D eigenvalue weighted by Gasteiger charge is 2.25. The Kier molecular flexibility index (Phi) is 5.46. The van der Waals surface area contributed by atoms with E-state index in [1.807, 2.05) is 13.8 Å². The second kappa shape index (κ2) is 7.69. The van der Waals surface area contributed by atoms with E-state index < -0.39 is 18.0 Å². The van der Waals surface area contributed by atoms with Crippen LogP contribution in [0.1, 0.15) is 32.9 Å². The van der Waals surface area contributed by atoms with Crippen molar-refractivity contribution in [3.05, 3.63) is 46.3 Å². The fraction of sp³-hybridized carbons (Fsp3) is 0.381. The van der Waals surface area contributed by atoms with Gasteiger partial charge in [-0.2, -0.15) is 0 Å². The van der Waals surface area contributed by atoms with E-state index in [2.05, 4.69) is 4.98 Å². The third-order valence-corrected chi connectivity index (χ3v) is 4.96. The van der Waals surface area contributed by atoms with Gasteiger partial charge >= 0.3 is 6.09 Å². The SMILES string of the molecule is Cc1nccc2c1c(=O)n(C)c1c(F)c(ON(C(=O)O)C(C)CC(C)C)ccc21. The molecule has 2 heterocycles. The molecule has 3 aromatic rings. The second-order valence-electron chi connectivity index (χ2n) is 7.64. The maximum atomic E-state index is 15.4. The lowest BCUT2D eigenvalue weighted by atomic mass is 10.1. The van der Waals surface area contributed by atoms with Crippen LogP contribution in [0, 0.1) is 18.7 Å². The molecule has 0 saturated carbocycles. The predicted octanol–water partition coefficient (Wildman–Crippen LogP) is 4.24. The molecular weight excluding hydrogens is 377 g/mol. The molecular formula is C21H24FN3O4. The first-order valence-corrected chi connectivity index (χ1v) is 9.40. The van der Waals surface area contributed by atoms with Crippen LogP contribution < -0.4 is 10.4 Å². The molecule has 1 atom stereocenters. The Morgan fingerprint density at radius 1 is 1.28 bits per heavy atom. The predicted molar refractivity (Wildman–Crippen MR) is 109 cm³/mol. The summed E-state index contributed by atoms with van der Waals surface area (Å²) >= 11 is 0. The van der Waals surface area contributed by atoms with Crippen LogP contribution in [0.5, 0.6) is 5.75 Å². The van der Waals surface area contributed by atoms with E-state index >= 15 is 4.39 Å². The van der Waals surface area contributed by atoms with E-state index in [0.29, 0.717) is 28.3 Å². The summed E-state index contributed by atoms with van der Waals surface area (Å²) in [6.07, 6.45) is 0.807. The Labute approximate surface area is 167 Å². The lowest BCUT2D eigenvalue weighted by Crippen LogP contribution is -2.41. The van der Waals surface area contributed by atoms with Crippen molar-refractivity contribution in [2.24, 2.45) is 13.0 Å². The number of halogens is 1. The molecule has 7 nitrogen and oxygen atoms in total. The molecule has 1 unspecified atom stereocenters. The molecule has 0 aliphatic heterocycles. The van der Waals surface area contributed by atoms with Crippen LogP contribution in [-0.2, 0) is 7.05 Å². The summed E-state index contributed by atoms with van der Waals surface area (Å²) in [6, 6.07) is 4.20. The van der Waals surface area contributed by atoms with Gasteiger partial charge in [0, 0.05) is 18.6 Å². The summed E-state index contributed by atoms with van der Waals surface area (Å²) in [6.45, 7) is 7.35. The highest BCUT2D eigenvalue weighted by Crippen LogP contribution is 2.31. The van der Waals surface area contributed by atoms with E-state index in [4.69, 9.17) is 4.84 Å².